The molecule has 0 aromatic carbocycles. The summed E-state index contributed by atoms with van der Waals surface area (Å²) in [5, 5.41) is 4.47. The molecule has 2 rings (SSSR count). The summed E-state index contributed by atoms with van der Waals surface area (Å²) in [5.41, 5.74) is 3.15. The zero-order chi connectivity index (χ0) is 7.56. The van der Waals surface area contributed by atoms with Gasteiger partial charge in [-0.2, -0.15) is 11.3 Å². The number of fused-ring (bicyclic) bond motifs is 1. The molecule has 0 fully saturated rings. The molecule has 0 saturated heterocycles. The maximum absolute atomic E-state index is 8.50. The van der Waals surface area contributed by atoms with E-state index >= 15 is 0 Å². The van der Waals surface area contributed by atoms with Crippen molar-refractivity contribution in [2.45, 2.75) is 12.8 Å². The molecule has 0 spiro atoms. The molecule has 0 unspecified atom stereocenters. The number of rotatable bonds is 0. The van der Waals surface area contributed by atoms with E-state index in [0.29, 0.717) is 0 Å². The Bertz CT molecular complexity index is 244. The van der Waals surface area contributed by atoms with Gasteiger partial charge in [-0.05, 0) is 21.9 Å². The Balaban J connectivity index is 0.000000148. The summed E-state index contributed by atoms with van der Waals surface area (Å²) in [7, 11) is 0. The van der Waals surface area contributed by atoms with Crippen molar-refractivity contribution in [3.63, 3.8) is 0 Å². The van der Waals surface area contributed by atoms with Gasteiger partial charge in [-0.15, -0.1) is 0 Å². The summed E-state index contributed by atoms with van der Waals surface area (Å²) >= 11 is -0.188. The number of hydrogen-bond acceptors (Lipinski definition) is 3. The van der Waals surface area contributed by atoms with E-state index in [1.165, 1.54) is 0 Å². The quantitative estimate of drug-likeness (QED) is 0.586. The van der Waals surface area contributed by atoms with Crippen molar-refractivity contribution >= 4 is 11.3 Å². The molecule has 10 heavy (non-hydrogen) atoms. The molecule has 1 heterocycles. The summed E-state index contributed by atoms with van der Waals surface area (Å²) in [6, 6.07) is 0. The van der Waals surface area contributed by atoms with Crippen molar-refractivity contribution in [2.24, 2.45) is 0 Å². The number of thiophene rings is 1. The minimum absolute atomic E-state index is 0.821. The Hall–Kier alpha value is 0.0143. The Morgan fingerprint density at radius 1 is 1.40 bits per heavy atom. The second kappa shape index (κ2) is 3.42. The standard InChI is InChI=1S/C6H6S.2O.Ti/c1-4-5-2-7-3-6(4)5;;;/h2-4H,1H3;;;. The van der Waals surface area contributed by atoms with E-state index < -0.39 is 19.1 Å². The molecular formula is C6H6O2STi. The van der Waals surface area contributed by atoms with Crippen LogP contribution in [-0.4, -0.2) is 0 Å². The molecular weight excluding hydrogens is 184 g/mol. The predicted octanol–water partition coefficient (Wildman–Crippen LogP) is 1.97. The van der Waals surface area contributed by atoms with Crippen molar-refractivity contribution in [2.75, 3.05) is 0 Å². The minimum atomic E-state index is -2.00. The molecule has 1 aromatic rings. The van der Waals surface area contributed by atoms with Gasteiger partial charge < -0.3 is 0 Å². The molecule has 52 valence electrons. The first-order valence-electron chi connectivity index (χ1n) is 2.86. The third-order valence-electron chi connectivity index (χ3n) is 1.57. The fourth-order valence-corrected chi connectivity index (χ4v) is 1.94. The van der Waals surface area contributed by atoms with Gasteiger partial charge in [-0.25, -0.2) is 0 Å². The van der Waals surface area contributed by atoms with Gasteiger partial charge in [0.25, 0.3) is 0 Å². The van der Waals surface area contributed by atoms with E-state index in [-0.39, 0.29) is 0 Å². The van der Waals surface area contributed by atoms with Crippen LogP contribution in [0.4, 0.5) is 0 Å². The van der Waals surface area contributed by atoms with Gasteiger partial charge in [0.1, 0.15) is 0 Å². The Kier molecular flexibility index (Phi) is 2.77. The van der Waals surface area contributed by atoms with Crippen LogP contribution in [0.3, 0.4) is 0 Å². The Labute approximate surface area is 71.8 Å². The molecule has 0 aliphatic heterocycles. The Morgan fingerprint density at radius 3 is 2.00 bits per heavy atom. The SMILES string of the molecule is CC1c2cscc21.[O]=[Ti]=[O]. The third kappa shape index (κ3) is 1.54. The molecule has 1 aromatic heterocycles. The molecule has 0 amide bonds. The van der Waals surface area contributed by atoms with Crippen LogP contribution < -0.4 is 0 Å². The van der Waals surface area contributed by atoms with Crippen molar-refractivity contribution < 1.29 is 25.7 Å². The van der Waals surface area contributed by atoms with Gasteiger partial charge in [0.05, 0.1) is 0 Å². The second-order valence-corrected chi connectivity index (χ2v) is 3.09. The van der Waals surface area contributed by atoms with Gasteiger partial charge in [-0.1, -0.05) is 6.92 Å². The molecule has 0 bridgehead atoms. The van der Waals surface area contributed by atoms with E-state index in [1.807, 2.05) is 11.3 Å². The summed E-state index contributed by atoms with van der Waals surface area (Å²) < 4.78 is 17.0. The molecule has 0 saturated carbocycles. The molecule has 1 aliphatic carbocycles. The van der Waals surface area contributed by atoms with E-state index in [9.17, 15) is 0 Å². The molecule has 0 N–H and O–H groups in total. The first-order chi connectivity index (χ1) is 4.81. The normalized spacial score (nSPS) is 12.5. The molecule has 0 atom stereocenters. The topological polar surface area (TPSA) is 34.1 Å². The van der Waals surface area contributed by atoms with Gasteiger partial charge in [-0.3, -0.25) is 0 Å². The fourth-order valence-electron chi connectivity index (χ4n) is 0.902. The Morgan fingerprint density at radius 2 is 1.80 bits per heavy atom. The maximum atomic E-state index is 8.50. The molecule has 0 radical (unpaired) electrons. The van der Waals surface area contributed by atoms with Crippen LogP contribution in [0.25, 0.3) is 0 Å². The fraction of sp³-hybridized carbons (Fsp3) is 0.333. The van der Waals surface area contributed by atoms with Crippen molar-refractivity contribution in [3.05, 3.63) is 21.9 Å². The second-order valence-electron chi connectivity index (χ2n) is 2.09. The van der Waals surface area contributed by atoms with Crippen molar-refractivity contribution in [1.29, 1.82) is 0 Å². The van der Waals surface area contributed by atoms with E-state index in [2.05, 4.69) is 17.7 Å². The average molecular weight is 190 g/mol. The number of hydrogen-bond donors (Lipinski definition) is 0. The van der Waals surface area contributed by atoms with Crippen LogP contribution in [0.5, 0.6) is 0 Å². The summed E-state index contributed by atoms with van der Waals surface area (Å²) in [4.78, 5) is 0. The molecule has 2 nitrogen and oxygen atoms in total. The predicted molar refractivity (Wildman–Crippen MR) is 33.2 cm³/mol. The van der Waals surface area contributed by atoms with Crippen LogP contribution in [0, 0.1) is 0 Å². The summed E-state index contributed by atoms with van der Waals surface area (Å²) in [5.74, 6) is 0.821. The van der Waals surface area contributed by atoms with Gasteiger partial charge in [0, 0.05) is 5.92 Å². The van der Waals surface area contributed by atoms with Gasteiger partial charge >= 0.3 is 25.7 Å². The van der Waals surface area contributed by atoms with Gasteiger partial charge in [0.2, 0.25) is 0 Å². The van der Waals surface area contributed by atoms with Crippen LogP contribution in [0.2, 0.25) is 0 Å². The zero-order valence-electron chi connectivity index (χ0n) is 5.46. The first kappa shape index (κ1) is 8.11. The first-order valence-corrected chi connectivity index (χ1v) is 5.08. The monoisotopic (exact) mass is 190 g/mol. The van der Waals surface area contributed by atoms with E-state index in [4.69, 9.17) is 6.65 Å². The van der Waals surface area contributed by atoms with E-state index in [1.54, 1.807) is 11.1 Å². The van der Waals surface area contributed by atoms with Crippen LogP contribution in [0.15, 0.2) is 10.8 Å². The third-order valence-corrected chi connectivity index (χ3v) is 2.35. The summed E-state index contributed by atoms with van der Waals surface area (Å²) in [6.45, 7) is 2.25. The average Bonchev–Trinajstić information content (AvgIpc) is 2.41. The summed E-state index contributed by atoms with van der Waals surface area (Å²) in [6.07, 6.45) is 0. The van der Waals surface area contributed by atoms with Crippen molar-refractivity contribution in [3.8, 4) is 0 Å². The molecule has 4 heteroatoms. The van der Waals surface area contributed by atoms with Crippen LogP contribution in [0.1, 0.15) is 24.0 Å². The van der Waals surface area contributed by atoms with Crippen LogP contribution in [-0.2, 0) is 25.7 Å². The van der Waals surface area contributed by atoms with Crippen LogP contribution >= 0.6 is 11.3 Å². The van der Waals surface area contributed by atoms with E-state index in [0.717, 1.165) is 5.92 Å². The molecule has 1 aliphatic rings. The van der Waals surface area contributed by atoms with Crippen molar-refractivity contribution in [1.82, 2.24) is 0 Å². The van der Waals surface area contributed by atoms with Gasteiger partial charge in [0.15, 0.2) is 0 Å². The zero-order valence-corrected chi connectivity index (χ0v) is 7.83.